The third-order valence-corrected chi connectivity index (χ3v) is 0.788. The molecule has 0 saturated heterocycles. The first-order chi connectivity index (χ1) is 4.70. The molecule has 0 aliphatic heterocycles. The maximum absolute atomic E-state index is 10.5. The lowest BCUT2D eigenvalue weighted by Crippen LogP contribution is -2.39. The van der Waals surface area contributed by atoms with Crippen LogP contribution in [0.2, 0.25) is 0 Å². The van der Waals surface area contributed by atoms with Gasteiger partial charge in [-0.1, -0.05) is 5.92 Å². The fourth-order valence-corrected chi connectivity index (χ4v) is 0.333. The fraction of sp³-hybridized carbons (Fsp3) is 0.333. The lowest BCUT2D eigenvalue weighted by Gasteiger charge is -2.04. The third-order valence-electron chi connectivity index (χ3n) is 0.788. The van der Waals surface area contributed by atoms with Crippen LogP contribution in [0.15, 0.2) is 0 Å². The van der Waals surface area contributed by atoms with Crippen molar-refractivity contribution in [3.05, 3.63) is 0 Å². The molecule has 0 radical (unpaired) electrons. The summed E-state index contributed by atoms with van der Waals surface area (Å²) in [6.07, 6.45) is 5.23. The Morgan fingerprint density at radius 2 is 2.40 bits per heavy atom. The number of rotatable bonds is 2. The van der Waals surface area contributed by atoms with Crippen molar-refractivity contribution < 1.29 is 9.59 Å². The van der Waals surface area contributed by atoms with Gasteiger partial charge in [0, 0.05) is 0 Å². The molecule has 0 spiro atoms. The van der Waals surface area contributed by atoms with E-state index in [9.17, 15) is 9.59 Å². The third kappa shape index (κ3) is 3.50. The molecule has 10 heavy (non-hydrogen) atoms. The number of amides is 3. The molecular formula is C6H8N2O2. The fourth-order valence-electron chi connectivity index (χ4n) is 0.333. The Hall–Kier alpha value is -1.50. The van der Waals surface area contributed by atoms with Crippen LogP contribution in [0.4, 0.5) is 4.79 Å². The topological polar surface area (TPSA) is 58.2 Å². The molecule has 0 aromatic rings. The molecule has 0 aromatic heterocycles. The Kier molecular flexibility index (Phi) is 3.73. The van der Waals surface area contributed by atoms with Crippen LogP contribution in [0.5, 0.6) is 0 Å². The van der Waals surface area contributed by atoms with Crippen molar-refractivity contribution in [1.82, 2.24) is 10.6 Å². The van der Waals surface area contributed by atoms with Crippen molar-refractivity contribution in [3.8, 4) is 12.3 Å². The highest BCUT2D eigenvalue weighted by Crippen LogP contribution is 1.74. The maximum Gasteiger partial charge on any atom is 0.322 e. The van der Waals surface area contributed by atoms with Crippen molar-refractivity contribution in [1.29, 1.82) is 0 Å². The summed E-state index contributed by atoms with van der Waals surface area (Å²) in [6.45, 7) is 1.63. The van der Waals surface area contributed by atoms with E-state index in [0.29, 0.717) is 6.41 Å². The first-order valence-corrected chi connectivity index (χ1v) is 2.67. The Bertz CT molecular complexity index is 171. The van der Waals surface area contributed by atoms with Gasteiger partial charge in [0.25, 0.3) is 0 Å². The Morgan fingerprint density at radius 1 is 1.80 bits per heavy atom. The molecule has 54 valence electrons. The van der Waals surface area contributed by atoms with Gasteiger partial charge in [-0.25, -0.2) is 4.79 Å². The first-order valence-electron chi connectivity index (χ1n) is 2.67. The van der Waals surface area contributed by atoms with E-state index in [4.69, 9.17) is 6.42 Å². The summed E-state index contributed by atoms with van der Waals surface area (Å²) in [7, 11) is 0. The number of urea groups is 1. The number of hydrogen-bond acceptors (Lipinski definition) is 2. The lowest BCUT2D eigenvalue weighted by molar-refractivity contribution is -0.108. The molecule has 0 aliphatic rings. The number of hydrogen-bond donors (Lipinski definition) is 2. The van der Waals surface area contributed by atoms with Gasteiger partial charge in [0.2, 0.25) is 6.41 Å². The van der Waals surface area contributed by atoms with Gasteiger partial charge >= 0.3 is 6.03 Å². The second kappa shape index (κ2) is 4.39. The van der Waals surface area contributed by atoms with Gasteiger partial charge in [-0.3, -0.25) is 10.1 Å². The zero-order valence-electron chi connectivity index (χ0n) is 5.55. The van der Waals surface area contributed by atoms with Crippen LogP contribution in [0.25, 0.3) is 0 Å². The van der Waals surface area contributed by atoms with Crippen LogP contribution >= 0.6 is 0 Å². The average molecular weight is 140 g/mol. The Labute approximate surface area is 59.0 Å². The molecule has 0 fully saturated rings. The zero-order valence-corrected chi connectivity index (χ0v) is 5.55. The number of terminal acetylenes is 1. The van der Waals surface area contributed by atoms with E-state index in [2.05, 4.69) is 11.2 Å². The Morgan fingerprint density at radius 3 is 2.80 bits per heavy atom. The predicted octanol–water partition coefficient (Wildman–Crippen LogP) is -0.536. The Balaban J connectivity index is 3.59. The van der Waals surface area contributed by atoms with Gasteiger partial charge in [0.05, 0.1) is 6.04 Å². The van der Waals surface area contributed by atoms with E-state index in [1.807, 2.05) is 5.32 Å². The van der Waals surface area contributed by atoms with Crippen LogP contribution in [0.3, 0.4) is 0 Å². The summed E-state index contributed by atoms with van der Waals surface area (Å²) in [5.41, 5.74) is 0. The van der Waals surface area contributed by atoms with Crippen LogP contribution in [-0.4, -0.2) is 18.5 Å². The molecule has 0 bridgehead atoms. The molecule has 4 heteroatoms. The quantitative estimate of drug-likeness (QED) is 0.400. The molecule has 0 rings (SSSR count). The summed E-state index contributed by atoms with van der Waals surface area (Å²) < 4.78 is 0. The van der Waals surface area contributed by atoms with Gasteiger partial charge < -0.3 is 5.32 Å². The highest BCUT2D eigenvalue weighted by molar-refractivity contribution is 5.84. The van der Waals surface area contributed by atoms with E-state index in [1.165, 1.54) is 0 Å². The molecule has 2 N–H and O–H groups in total. The average Bonchev–Trinajstić information content (AvgIpc) is 1.88. The van der Waals surface area contributed by atoms with Crippen LogP contribution in [-0.2, 0) is 4.79 Å². The van der Waals surface area contributed by atoms with Gasteiger partial charge in [-0.15, -0.1) is 6.42 Å². The minimum Gasteiger partial charge on any atom is -0.324 e. The molecule has 0 saturated carbocycles. The van der Waals surface area contributed by atoms with Crippen molar-refractivity contribution in [2.24, 2.45) is 0 Å². The summed E-state index contributed by atoms with van der Waals surface area (Å²) in [5.74, 6) is 2.27. The monoisotopic (exact) mass is 140 g/mol. The van der Waals surface area contributed by atoms with E-state index in [0.717, 1.165) is 0 Å². The van der Waals surface area contributed by atoms with Gasteiger partial charge in [-0.2, -0.15) is 0 Å². The molecule has 3 amide bonds. The van der Waals surface area contributed by atoms with E-state index >= 15 is 0 Å². The standard InChI is InChI=1S/C6H8N2O2/c1-3-5(2)8-6(10)7-4-9/h1,4-5H,2H3,(H2,7,8,9,10). The van der Waals surface area contributed by atoms with Gasteiger partial charge in [-0.05, 0) is 6.92 Å². The van der Waals surface area contributed by atoms with Crippen molar-refractivity contribution in [2.75, 3.05) is 0 Å². The zero-order chi connectivity index (χ0) is 7.98. The molecule has 1 atom stereocenters. The minimum atomic E-state index is -0.583. The summed E-state index contributed by atoms with van der Waals surface area (Å²) in [6, 6.07) is -0.944. The largest absolute Gasteiger partial charge is 0.324 e. The molecule has 0 aromatic carbocycles. The lowest BCUT2D eigenvalue weighted by atomic mass is 10.4. The van der Waals surface area contributed by atoms with Crippen LogP contribution < -0.4 is 10.6 Å². The van der Waals surface area contributed by atoms with Crippen molar-refractivity contribution in [3.63, 3.8) is 0 Å². The van der Waals surface area contributed by atoms with E-state index < -0.39 is 6.03 Å². The molecule has 0 aliphatic carbocycles. The van der Waals surface area contributed by atoms with Gasteiger partial charge in [0.15, 0.2) is 0 Å². The van der Waals surface area contributed by atoms with Crippen LogP contribution in [0.1, 0.15) is 6.92 Å². The number of carbonyl (C=O) groups is 2. The first kappa shape index (κ1) is 8.50. The summed E-state index contributed by atoms with van der Waals surface area (Å²) in [4.78, 5) is 20.1. The van der Waals surface area contributed by atoms with Crippen molar-refractivity contribution >= 4 is 12.4 Å². The highest BCUT2D eigenvalue weighted by Gasteiger charge is 2.00. The molecule has 0 heterocycles. The maximum atomic E-state index is 10.5. The van der Waals surface area contributed by atoms with Crippen LogP contribution in [0, 0.1) is 12.3 Å². The summed E-state index contributed by atoms with van der Waals surface area (Å²) >= 11 is 0. The smallest absolute Gasteiger partial charge is 0.322 e. The second-order valence-electron chi connectivity index (χ2n) is 1.62. The van der Waals surface area contributed by atoms with Gasteiger partial charge in [0.1, 0.15) is 0 Å². The number of nitrogens with one attached hydrogen (secondary N) is 2. The minimum absolute atomic E-state index is 0.290. The SMILES string of the molecule is C#CC(C)NC(=O)NC=O. The predicted molar refractivity (Wildman–Crippen MR) is 36.0 cm³/mol. The number of imide groups is 1. The summed E-state index contributed by atoms with van der Waals surface area (Å²) in [5, 5.41) is 4.20. The highest BCUT2D eigenvalue weighted by atomic mass is 16.2. The molecule has 4 nitrogen and oxygen atoms in total. The molecular weight excluding hydrogens is 132 g/mol. The number of carbonyl (C=O) groups excluding carboxylic acids is 2. The van der Waals surface area contributed by atoms with Crippen molar-refractivity contribution in [2.45, 2.75) is 13.0 Å². The van der Waals surface area contributed by atoms with E-state index in [1.54, 1.807) is 6.92 Å². The van der Waals surface area contributed by atoms with E-state index in [-0.39, 0.29) is 6.04 Å². The molecule has 1 unspecified atom stereocenters. The normalized spacial score (nSPS) is 10.8. The second-order valence-corrected chi connectivity index (χ2v) is 1.62.